The lowest BCUT2D eigenvalue weighted by molar-refractivity contribution is 0.109. The number of aliphatic hydroxyl groups is 1. The van der Waals surface area contributed by atoms with E-state index in [1.807, 2.05) is 0 Å². The molecule has 0 fully saturated rings. The summed E-state index contributed by atoms with van der Waals surface area (Å²) in [5, 5.41) is 9.57. The standard InChI is InChI=1S/C11H15NO2/c13-7-1-2-8-9-6-14-4-3-10(9)12-11(8)5-7/h7,12-13H,1-6H2. The first-order chi connectivity index (χ1) is 6.84. The second kappa shape index (κ2) is 3.11. The zero-order valence-electron chi connectivity index (χ0n) is 8.18. The number of nitrogens with one attached hydrogen (secondary N) is 1. The van der Waals surface area contributed by atoms with Gasteiger partial charge in [0.25, 0.3) is 0 Å². The van der Waals surface area contributed by atoms with Gasteiger partial charge < -0.3 is 14.8 Å². The highest BCUT2D eigenvalue weighted by Crippen LogP contribution is 2.29. The second-order valence-electron chi connectivity index (χ2n) is 4.24. The third-order valence-electron chi connectivity index (χ3n) is 3.30. The van der Waals surface area contributed by atoms with E-state index >= 15 is 0 Å². The molecule has 1 aromatic heterocycles. The van der Waals surface area contributed by atoms with Gasteiger partial charge in [0.05, 0.1) is 19.3 Å². The van der Waals surface area contributed by atoms with Crippen molar-refractivity contribution in [2.45, 2.75) is 38.4 Å². The molecule has 1 atom stereocenters. The maximum Gasteiger partial charge on any atom is 0.0737 e. The summed E-state index contributed by atoms with van der Waals surface area (Å²) in [6, 6.07) is 0. The van der Waals surface area contributed by atoms with E-state index in [0.717, 1.165) is 38.9 Å². The number of ether oxygens (including phenoxy) is 1. The molecule has 1 unspecified atom stereocenters. The average Bonchev–Trinajstić information content (AvgIpc) is 2.54. The summed E-state index contributed by atoms with van der Waals surface area (Å²) in [5.74, 6) is 0. The summed E-state index contributed by atoms with van der Waals surface area (Å²) in [7, 11) is 0. The minimum Gasteiger partial charge on any atom is -0.393 e. The van der Waals surface area contributed by atoms with Crippen LogP contribution in [0.5, 0.6) is 0 Å². The Kier molecular flexibility index (Phi) is 1.89. The van der Waals surface area contributed by atoms with Crippen molar-refractivity contribution >= 4 is 0 Å². The molecular weight excluding hydrogens is 178 g/mol. The lowest BCUT2D eigenvalue weighted by atomic mass is 9.92. The van der Waals surface area contributed by atoms with Gasteiger partial charge in [-0.25, -0.2) is 0 Å². The van der Waals surface area contributed by atoms with Gasteiger partial charge in [0.2, 0.25) is 0 Å². The summed E-state index contributed by atoms with van der Waals surface area (Å²) in [6.45, 7) is 1.59. The first-order valence-electron chi connectivity index (χ1n) is 5.32. The van der Waals surface area contributed by atoms with Crippen LogP contribution in [0.2, 0.25) is 0 Å². The highest BCUT2D eigenvalue weighted by molar-refractivity contribution is 5.39. The van der Waals surface area contributed by atoms with Crippen molar-refractivity contribution < 1.29 is 9.84 Å². The molecule has 3 heteroatoms. The van der Waals surface area contributed by atoms with Crippen LogP contribution < -0.4 is 0 Å². The van der Waals surface area contributed by atoms with Crippen molar-refractivity contribution in [1.82, 2.24) is 4.98 Å². The molecule has 3 rings (SSSR count). The fourth-order valence-corrected chi connectivity index (χ4v) is 2.56. The van der Waals surface area contributed by atoms with Crippen LogP contribution in [-0.2, 0) is 30.6 Å². The Morgan fingerprint density at radius 3 is 3.07 bits per heavy atom. The van der Waals surface area contributed by atoms with Gasteiger partial charge in [-0.1, -0.05) is 0 Å². The molecule has 0 amide bonds. The van der Waals surface area contributed by atoms with Gasteiger partial charge >= 0.3 is 0 Å². The molecule has 0 saturated carbocycles. The molecule has 2 heterocycles. The zero-order chi connectivity index (χ0) is 9.54. The normalized spacial score (nSPS) is 25.6. The molecule has 14 heavy (non-hydrogen) atoms. The molecule has 3 nitrogen and oxygen atoms in total. The largest absolute Gasteiger partial charge is 0.393 e. The number of fused-ring (bicyclic) bond motifs is 3. The van der Waals surface area contributed by atoms with Gasteiger partial charge in [0.15, 0.2) is 0 Å². The predicted molar refractivity (Wildman–Crippen MR) is 52.2 cm³/mol. The molecule has 1 aliphatic carbocycles. The molecule has 0 radical (unpaired) electrons. The van der Waals surface area contributed by atoms with Crippen LogP contribution in [0.15, 0.2) is 0 Å². The quantitative estimate of drug-likeness (QED) is 0.644. The summed E-state index contributed by atoms with van der Waals surface area (Å²) >= 11 is 0. The minimum absolute atomic E-state index is 0.150. The molecular formula is C11H15NO2. The van der Waals surface area contributed by atoms with Gasteiger partial charge in [-0.15, -0.1) is 0 Å². The maximum absolute atomic E-state index is 9.57. The molecule has 0 aromatic carbocycles. The Hall–Kier alpha value is -0.800. The zero-order valence-corrected chi connectivity index (χ0v) is 8.18. The second-order valence-corrected chi connectivity index (χ2v) is 4.24. The van der Waals surface area contributed by atoms with E-state index in [-0.39, 0.29) is 6.10 Å². The molecule has 0 bridgehead atoms. The number of aliphatic hydroxyl groups excluding tert-OH is 1. The lowest BCUT2D eigenvalue weighted by Crippen LogP contribution is -2.18. The summed E-state index contributed by atoms with van der Waals surface area (Å²) in [4.78, 5) is 3.44. The third kappa shape index (κ3) is 1.20. The maximum atomic E-state index is 9.57. The number of H-pyrrole nitrogens is 1. The summed E-state index contributed by atoms with van der Waals surface area (Å²) in [6.07, 6.45) is 3.55. The predicted octanol–water partition coefficient (Wildman–Crippen LogP) is 0.937. The van der Waals surface area contributed by atoms with Crippen molar-refractivity contribution in [3.63, 3.8) is 0 Å². The Bertz CT molecular complexity index is 356. The minimum atomic E-state index is -0.150. The first-order valence-corrected chi connectivity index (χ1v) is 5.32. The van der Waals surface area contributed by atoms with Crippen LogP contribution in [0.3, 0.4) is 0 Å². The third-order valence-corrected chi connectivity index (χ3v) is 3.30. The molecule has 1 aliphatic heterocycles. The Labute approximate surface area is 83.1 Å². The van der Waals surface area contributed by atoms with Crippen molar-refractivity contribution in [2.24, 2.45) is 0 Å². The topological polar surface area (TPSA) is 45.2 Å². The van der Waals surface area contributed by atoms with Crippen LogP contribution in [-0.4, -0.2) is 22.8 Å². The van der Waals surface area contributed by atoms with E-state index in [0.29, 0.717) is 0 Å². The van der Waals surface area contributed by atoms with Gasteiger partial charge in [0.1, 0.15) is 0 Å². The number of aromatic amines is 1. The number of rotatable bonds is 0. The first kappa shape index (κ1) is 8.50. The van der Waals surface area contributed by atoms with E-state index in [1.165, 1.54) is 22.5 Å². The van der Waals surface area contributed by atoms with Crippen LogP contribution >= 0.6 is 0 Å². The molecule has 76 valence electrons. The summed E-state index contributed by atoms with van der Waals surface area (Å²) in [5.41, 5.74) is 5.39. The van der Waals surface area contributed by atoms with E-state index in [4.69, 9.17) is 4.74 Å². The van der Waals surface area contributed by atoms with Gasteiger partial charge in [-0.3, -0.25) is 0 Å². The molecule has 2 N–H and O–H groups in total. The van der Waals surface area contributed by atoms with Crippen molar-refractivity contribution in [3.8, 4) is 0 Å². The van der Waals surface area contributed by atoms with E-state index in [2.05, 4.69) is 4.98 Å². The van der Waals surface area contributed by atoms with Crippen LogP contribution in [0.4, 0.5) is 0 Å². The van der Waals surface area contributed by atoms with Crippen molar-refractivity contribution in [2.75, 3.05) is 6.61 Å². The Balaban J connectivity index is 2.04. The molecule has 0 spiro atoms. The van der Waals surface area contributed by atoms with E-state index in [1.54, 1.807) is 0 Å². The van der Waals surface area contributed by atoms with E-state index in [9.17, 15) is 5.11 Å². The monoisotopic (exact) mass is 193 g/mol. The number of aromatic nitrogens is 1. The van der Waals surface area contributed by atoms with Crippen molar-refractivity contribution in [1.29, 1.82) is 0 Å². The number of hydrogen-bond donors (Lipinski definition) is 2. The Morgan fingerprint density at radius 2 is 2.14 bits per heavy atom. The highest BCUT2D eigenvalue weighted by atomic mass is 16.5. The summed E-state index contributed by atoms with van der Waals surface area (Å²) < 4.78 is 5.46. The SMILES string of the molecule is OC1CCc2c([nH]c3c2COCC3)C1. The number of hydrogen-bond acceptors (Lipinski definition) is 2. The van der Waals surface area contributed by atoms with E-state index < -0.39 is 0 Å². The average molecular weight is 193 g/mol. The molecule has 1 aromatic rings. The smallest absolute Gasteiger partial charge is 0.0737 e. The van der Waals surface area contributed by atoms with Crippen molar-refractivity contribution in [3.05, 3.63) is 22.5 Å². The van der Waals surface area contributed by atoms with Gasteiger partial charge in [0, 0.05) is 29.8 Å². The lowest BCUT2D eigenvalue weighted by Gasteiger charge is -2.18. The van der Waals surface area contributed by atoms with Gasteiger partial charge in [-0.2, -0.15) is 0 Å². The van der Waals surface area contributed by atoms with Crippen LogP contribution in [0.25, 0.3) is 0 Å². The fraction of sp³-hybridized carbons (Fsp3) is 0.636. The van der Waals surface area contributed by atoms with Crippen LogP contribution in [0.1, 0.15) is 28.9 Å². The fourth-order valence-electron chi connectivity index (χ4n) is 2.56. The van der Waals surface area contributed by atoms with Crippen LogP contribution in [0, 0.1) is 0 Å². The van der Waals surface area contributed by atoms with Gasteiger partial charge in [-0.05, 0) is 18.4 Å². The molecule has 0 saturated heterocycles. The Morgan fingerprint density at radius 1 is 1.21 bits per heavy atom. The highest BCUT2D eigenvalue weighted by Gasteiger charge is 2.25. The molecule has 2 aliphatic rings.